The number of nitrogens with one attached hydrogen (secondary N) is 1. The van der Waals surface area contributed by atoms with E-state index in [2.05, 4.69) is 5.32 Å². The van der Waals surface area contributed by atoms with Gasteiger partial charge < -0.3 is 4.90 Å². The smallest absolute Gasteiger partial charge is 0.306 e. The summed E-state index contributed by atoms with van der Waals surface area (Å²) < 4.78 is 0. The van der Waals surface area contributed by atoms with Crippen LogP contribution >= 0.6 is 11.6 Å². The van der Waals surface area contributed by atoms with Crippen LogP contribution in [0.5, 0.6) is 0 Å². The molecule has 18 heavy (non-hydrogen) atoms. The van der Waals surface area contributed by atoms with Gasteiger partial charge in [0.25, 0.3) is 5.91 Å². The minimum atomic E-state index is -0.778. The molecule has 0 aliphatic carbocycles. The number of amides is 3. The highest BCUT2D eigenvalue weighted by Crippen LogP contribution is 2.27. The van der Waals surface area contributed by atoms with Gasteiger partial charge in [-0.25, -0.2) is 4.79 Å². The maximum absolute atomic E-state index is 11.8. The SMILES string of the molecule is CCC1(C)C(=O)NC(=O)N1Cc1cccc(Cl)c1. The van der Waals surface area contributed by atoms with E-state index in [-0.39, 0.29) is 11.9 Å². The van der Waals surface area contributed by atoms with Gasteiger partial charge in [0.2, 0.25) is 0 Å². The first-order chi connectivity index (χ1) is 8.47. The van der Waals surface area contributed by atoms with Crippen LogP contribution in [-0.2, 0) is 11.3 Å². The van der Waals surface area contributed by atoms with Gasteiger partial charge in [-0.05, 0) is 31.0 Å². The standard InChI is InChI=1S/C13H15ClN2O2/c1-3-13(2)11(17)15-12(18)16(13)8-9-5-4-6-10(14)7-9/h4-7H,3,8H2,1-2H3,(H,15,17,18). The number of hydrogen-bond donors (Lipinski definition) is 1. The zero-order chi connectivity index (χ0) is 13.3. The van der Waals surface area contributed by atoms with Crippen LogP contribution in [0.4, 0.5) is 4.79 Å². The zero-order valence-corrected chi connectivity index (χ0v) is 11.1. The molecule has 0 spiro atoms. The Hall–Kier alpha value is -1.55. The lowest BCUT2D eigenvalue weighted by Gasteiger charge is -2.30. The van der Waals surface area contributed by atoms with Crippen molar-refractivity contribution in [3.63, 3.8) is 0 Å². The lowest BCUT2D eigenvalue weighted by Crippen LogP contribution is -2.45. The summed E-state index contributed by atoms with van der Waals surface area (Å²) in [5.41, 5.74) is 0.131. The first-order valence-electron chi connectivity index (χ1n) is 5.85. The topological polar surface area (TPSA) is 49.4 Å². The summed E-state index contributed by atoms with van der Waals surface area (Å²) in [6.45, 7) is 4.05. The van der Waals surface area contributed by atoms with Crippen molar-refractivity contribution in [1.82, 2.24) is 10.2 Å². The van der Waals surface area contributed by atoms with Crippen molar-refractivity contribution < 1.29 is 9.59 Å². The van der Waals surface area contributed by atoms with Gasteiger partial charge in [0.1, 0.15) is 5.54 Å². The van der Waals surface area contributed by atoms with E-state index < -0.39 is 5.54 Å². The third-order valence-corrected chi connectivity index (χ3v) is 3.70. The molecule has 0 radical (unpaired) electrons. The highest BCUT2D eigenvalue weighted by atomic mass is 35.5. The van der Waals surface area contributed by atoms with E-state index in [9.17, 15) is 9.59 Å². The molecule has 4 nitrogen and oxygen atoms in total. The quantitative estimate of drug-likeness (QED) is 0.855. The molecule has 1 fully saturated rings. The molecule has 5 heteroatoms. The Kier molecular flexibility index (Phi) is 3.30. The number of hydrogen-bond acceptors (Lipinski definition) is 2. The molecule has 0 bridgehead atoms. The molecule has 1 aromatic carbocycles. The van der Waals surface area contributed by atoms with Crippen LogP contribution in [0, 0.1) is 0 Å². The average molecular weight is 267 g/mol. The third kappa shape index (κ3) is 2.08. The Balaban J connectivity index is 2.27. The Morgan fingerprint density at radius 1 is 1.39 bits per heavy atom. The summed E-state index contributed by atoms with van der Waals surface area (Å²) in [5.74, 6) is -0.239. The highest BCUT2D eigenvalue weighted by molar-refractivity contribution is 6.30. The van der Waals surface area contributed by atoms with Gasteiger partial charge >= 0.3 is 6.03 Å². The second kappa shape index (κ2) is 4.61. The summed E-state index contributed by atoms with van der Waals surface area (Å²) in [4.78, 5) is 25.2. The molecule has 1 N–H and O–H groups in total. The monoisotopic (exact) mass is 266 g/mol. The first kappa shape index (κ1) is 12.9. The molecule has 1 unspecified atom stereocenters. The number of nitrogens with zero attached hydrogens (tertiary/aromatic N) is 1. The summed E-state index contributed by atoms with van der Waals surface area (Å²) in [6, 6.07) is 6.95. The van der Waals surface area contributed by atoms with Gasteiger partial charge in [0, 0.05) is 11.6 Å². The van der Waals surface area contributed by atoms with Crippen molar-refractivity contribution in [2.75, 3.05) is 0 Å². The fourth-order valence-corrected chi connectivity index (χ4v) is 2.27. The second-order valence-electron chi connectivity index (χ2n) is 4.60. The maximum Gasteiger partial charge on any atom is 0.325 e. The molecular formula is C13H15ClN2O2. The summed E-state index contributed by atoms with van der Waals surface area (Å²) in [5, 5.41) is 2.98. The zero-order valence-electron chi connectivity index (χ0n) is 10.4. The number of imide groups is 1. The Morgan fingerprint density at radius 2 is 2.11 bits per heavy atom. The van der Waals surface area contributed by atoms with Crippen molar-refractivity contribution in [3.05, 3.63) is 34.9 Å². The Morgan fingerprint density at radius 3 is 2.72 bits per heavy atom. The summed E-state index contributed by atoms with van der Waals surface area (Å²) >= 11 is 5.91. The number of benzene rings is 1. The van der Waals surface area contributed by atoms with Gasteiger partial charge in [-0.15, -0.1) is 0 Å². The normalized spacial score (nSPS) is 23.4. The molecule has 2 rings (SSSR count). The molecule has 0 saturated carbocycles. The van der Waals surface area contributed by atoms with Gasteiger partial charge in [0.05, 0.1) is 0 Å². The fourth-order valence-electron chi connectivity index (χ4n) is 2.06. The Bertz CT molecular complexity index is 504. The van der Waals surface area contributed by atoms with E-state index in [1.54, 1.807) is 24.0 Å². The minimum Gasteiger partial charge on any atom is -0.306 e. The van der Waals surface area contributed by atoms with E-state index >= 15 is 0 Å². The van der Waals surface area contributed by atoms with Crippen LogP contribution in [0.2, 0.25) is 5.02 Å². The molecule has 1 saturated heterocycles. The van der Waals surface area contributed by atoms with Gasteiger partial charge in [-0.1, -0.05) is 30.7 Å². The predicted molar refractivity (Wildman–Crippen MR) is 69.2 cm³/mol. The van der Waals surface area contributed by atoms with Crippen molar-refractivity contribution in [2.24, 2.45) is 0 Å². The molecule has 1 heterocycles. The lowest BCUT2D eigenvalue weighted by molar-refractivity contribution is -0.126. The molecular weight excluding hydrogens is 252 g/mol. The van der Waals surface area contributed by atoms with E-state index in [1.807, 2.05) is 19.1 Å². The number of carbonyl (C=O) groups excluding carboxylic acids is 2. The van der Waals surface area contributed by atoms with Crippen molar-refractivity contribution in [1.29, 1.82) is 0 Å². The van der Waals surface area contributed by atoms with E-state index in [0.29, 0.717) is 18.0 Å². The van der Waals surface area contributed by atoms with Gasteiger partial charge in [0.15, 0.2) is 0 Å². The van der Waals surface area contributed by atoms with E-state index in [4.69, 9.17) is 11.6 Å². The molecule has 1 aliphatic rings. The maximum atomic E-state index is 11.8. The molecule has 0 aromatic heterocycles. The molecule has 1 aliphatic heterocycles. The van der Waals surface area contributed by atoms with Crippen LogP contribution < -0.4 is 5.32 Å². The number of carbonyl (C=O) groups is 2. The second-order valence-corrected chi connectivity index (χ2v) is 5.04. The van der Waals surface area contributed by atoms with E-state index in [1.165, 1.54) is 0 Å². The van der Waals surface area contributed by atoms with E-state index in [0.717, 1.165) is 5.56 Å². The summed E-state index contributed by atoms with van der Waals surface area (Å²) in [7, 11) is 0. The average Bonchev–Trinajstić information content (AvgIpc) is 2.54. The molecule has 1 aromatic rings. The predicted octanol–water partition coefficient (Wildman–Crippen LogP) is 2.56. The van der Waals surface area contributed by atoms with Crippen LogP contribution in [0.1, 0.15) is 25.8 Å². The summed E-state index contributed by atoms with van der Waals surface area (Å²) in [6.07, 6.45) is 0.575. The third-order valence-electron chi connectivity index (χ3n) is 3.47. The highest BCUT2D eigenvalue weighted by Gasteiger charge is 2.47. The fraction of sp³-hybridized carbons (Fsp3) is 0.385. The van der Waals surface area contributed by atoms with Crippen LogP contribution in [0.3, 0.4) is 0 Å². The largest absolute Gasteiger partial charge is 0.325 e. The van der Waals surface area contributed by atoms with Crippen molar-refractivity contribution in [2.45, 2.75) is 32.4 Å². The van der Waals surface area contributed by atoms with Gasteiger partial charge in [-0.2, -0.15) is 0 Å². The number of urea groups is 1. The van der Waals surface area contributed by atoms with Crippen LogP contribution in [0.15, 0.2) is 24.3 Å². The lowest BCUT2D eigenvalue weighted by atomic mass is 9.97. The molecule has 3 amide bonds. The van der Waals surface area contributed by atoms with Gasteiger partial charge in [-0.3, -0.25) is 10.1 Å². The Labute approximate surface area is 111 Å². The minimum absolute atomic E-state index is 0.239. The van der Waals surface area contributed by atoms with Crippen molar-refractivity contribution >= 4 is 23.5 Å². The number of halogens is 1. The van der Waals surface area contributed by atoms with Crippen LogP contribution in [0.25, 0.3) is 0 Å². The van der Waals surface area contributed by atoms with Crippen LogP contribution in [-0.4, -0.2) is 22.4 Å². The molecule has 1 atom stereocenters. The number of rotatable bonds is 3. The first-order valence-corrected chi connectivity index (χ1v) is 6.22. The van der Waals surface area contributed by atoms with Crippen molar-refractivity contribution in [3.8, 4) is 0 Å². The molecule has 96 valence electrons.